The molecule has 0 aliphatic rings. The van der Waals surface area contributed by atoms with Gasteiger partial charge in [0.05, 0.1) is 4.92 Å². The highest BCUT2D eigenvalue weighted by molar-refractivity contribution is 7.99. The van der Waals surface area contributed by atoms with Crippen LogP contribution in [0.4, 0.5) is 17.5 Å². The first kappa shape index (κ1) is 14.5. The Kier molecular flexibility index (Phi) is 5.63. The summed E-state index contributed by atoms with van der Waals surface area (Å²) in [5.41, 5.74) is 5.21. The third-order valence-electron chi connectivity index (χ3n) is 2.27. The summed E-state index contributed by atoms with van der Waals surface area (Å²) in [6.45, 7) is 4.13. The molecular weight excluding hydrogens is 254 g/mol. The number of hydrogen-bond acceptors (Lipinski definition) is 7. The largest absolute Gasteiger partial charge is 0.378 e. The standard InChI is InChI=1S/C10H17N5O2S/c1-3-18-5-4-7(2)13-10-12-6-8(15(16)17)9(11)14-10/h6-7H,3-5H2,1-2H3,(H3,11,12,13,14)/t7-/m1/s1. The van der Waals surface area contributed by atoms with Crippen molar-refractivity contribution in [3.8, 4) is 0 Å². The fourth-order valence-corrected chi connectivity index (χ4v) is 2.10. The first-order valence-electron chi connectivity index (χ1n) is 5.65. The molecule has 1 aromatic heterocycles. The van der Waals surface area contributed by atoms with Crippen molar-refractivity contribution in [2.24, 2.45) is 0 Å². The number of nitrogens with zero attached hydrogens (tertiary/aromatic N) is 3. The van der Waals surface area contributed by atoms with Crippen molar-refractivity contribution >= 4 is 29.2 Å². The molecule has 0 fully saturated rings. The zero-order chi connectivity index (χ0) is 13.5. The lowest BCUT2D eigenvalue weighted by atomic mass is 10.3. The number of rotatable bonds is 7. The van der Waals surface area contributed by atoms with Gasteiger partial charge >= 0.3 is 5.69 Å². The Morgan fingerprint density at radius 1 is 1.67 bits per heavy atom. The van der Waals surface area contributed by atoms with Gasteiger partial charge in [0.15, 0.2) is 0 Å². The van der Waals surface area contributed by atoms with Gasteiger partial charge in [-0.1, -0.05) is 6.92 Å². The Labute approximate surface area is 110 Å². The van der Waals surface area contributed by atoms with E-state index in [1.54, 1.807) is 0 Å². The molecule has 1 atom stereocenters. The summed E-state index contributed by atoms with van der Waals surface area (Å²) in [5.74, 6) is 2.35. The third kappa shape index (κ3) is 4.36. The van der Waals surface area contributed by atoms with Crippen LogP contribution in [0.1, 0.15) is 20.3 Å². The van der Waals surface area contributed by atoms with Crippen LogP contribution in [0.25, 0.3) is 0 Å². The lowest BCUT2D eigenvalue weighted by Crippen LogP contribution is -2.18. The summed E-state index contributed by atoms with van der Waals surface area (Å²) in [6, 6.07) is 0.199. The summed E-state index contributed by atoms with van der Waals surface area (Å²) >= 11 is 1.86. The van der Waals surface area contributed by atoms with E-state index in [2.05, 4.69) is 22.2 Å². The van der Waals surface area contributed by atoms with E-state index >= 15 is 0 Å². The van der Waals surface area contributed by atoms with E-state index in [0.29, 0.717) is 5.95 Å². The Balaban J connectivity index is 2.57. The summed E-state index contributed by atoms with van der Waals surface area (Å²) < 4.78 is 0. The molecule has 0 aromatic carbocycles. The predicted molar refractivity (Wildman–Crippen MR) is 73.8 cm³/mol. The van der Waals surface area contributed by atoms with Crippen molar-refractivity contribution in [3.63, 3.8) is 0 Å². The zero-order valence-electron chi connectivity index (χ0n) is 10.4. The van der Waals surface area contributed by atoms with Gasteiger partial charge in [-0.2, -0.15) is 16.7 Å². The molecule has 0 saturated carbocycles. The van der Waals surface area contributed by atoms with Crippen molar-refractivity contribution < 1.29 is 4.92 Å². The van der Waals surface area contributed by atoms with Crippen LogP contribution < -0.4 is 11.1 Å². The van der Waals surface area contributed by atoms with Crippen molar-refractivity contribution in [2.45, 2.75) is 26.3 Å². The van der Waals surface area contributed by atoms with Crippen molar-refractivity contribution in [1.29, 1.82) is 0 Å². The minimum absolute atomic E-state index is 0.118. The molecule has 1 heterocycles. The number of hydrogen-bond donors (Lipinski definition) is 2. The van der Waals surface area contributed by atoms with Crippen LogP contribution in [0.5, 0.6) is 0 Å². The smallest absolute Gasteiger partial charge is 0.329 e. The van der Waals surface area contributed by atoms with Crippen LogP contribution in [0.15, 0.2) is 6.20 Å². The predicted octanol–water partition coefficient (Wildman–Crippen LogP) is 1.91. The highest BCUT2D eigenvalue weighted by atomic mass is 32.2. The van der Waals surface area contributed by atoms with Crippen molar-refractivity contribution in [3.05, 3.63) is 16.3 Å². The van der Waals surface area contributed by atoms with Gasteiger partial charge in [0.2, 0.25) is 11.8 Å². The van der Waals surface area contributed by atoms with Crippen LogP contribution in [0.2, 0.25) is 0 Å². The van der Waals surface area contributed by atoms with Gasteiger partial charge in [0, 0.05) is 6.04 Å². The quantitative estimate of drug-likeness (QED) is 0.443. The van der Waals surface area contributed by atoms with Gasteiger partial charge in [-0.3, -0.25) is 10.1 Å². The summed E-state index contributed by atoms with van der Waals surface area (Å²) in [7, 11) is 0. The minimum atomic E-state index is -0.597. The number of anilines is 2. The van der Waals surface area contributed by atoms with E-state index in [1.807, 2.05) is 18.7 Å². The summed E-state index contributed by atoms with van der Waals surface area (Å²) in [6.07, 6.45) is 2.09. The van der Waals surface area contributed by atoms with Crippen LogP contribution in [-0.2, 0) is 0 Å². The second-order valence-corrected chi connectivity index (χ2v) is 5.15. The molecule has 1 rings (SSSR count). The van der Waals surface area contributed by atoms with E-state index < -0.39 is 4.92 Å². The average molecular weight is 271 g/mol. The molecule has 0 bridgehead atoms. The molecule has 7 nitrogen and oxygen atoms in total. The normalized spacial score (nSPS) is 12.1. The highest BCUT2D eigenvalue weighted by Crippen LogP contribution is 2.18. The van der Waals surface area contributed by atoms with Crippen molar-refractivity contribution in [2.75, 3.05) is 22.6 Å². The fraction of sp³-hybridized carbons (Fsp3) is 0.600. The average Bonchev–Trinajstić information content (AvgIpc) is 2.28. The Hall–Kier alpha value is -1.57. The molecule has 1 aromatic rings. The monoisotopic (exact) mass is 271 g/mol. The molecule has 0 saturated heterocycles. The number of thioether (sulfide) groups is 1. The molecule has 0 spiro atoms. The zero-order valence-corrected chi connectivity index (χ0v) is 11.2. The molecule has 3 N–H and O–H groups in total. The molecule has 0 unspecified atom stereocenters. The Bertz CT molecular complexity index is 415. The first-order chi connectivity index (χ1) is 8.54. The van der Waals surface area contributed by atoms with Gasteiger partial charge in [-0.25, -0.2) is 4.98 Å². The van der Waals surface area contributed by atoms with E-state index in [-0.39, 0.29) is 17.5 Å². The lowest BCUT2D eigenvalue weighted by molar-refractivity contribution is -0.384. The van der Waals surface area contributed by atoms with Gasteiger partial charge in [-0.15, -0.1) is 0 Å². The summed E-state index contributed by atoms with van der Waals surface area (Å²) in [4.78, 5) is 17.7. The number of nitrogens with one attached hydrogen (secondary N) is 1. The van der Waals surface area contributed by atoms with E-state index in [9.17, 15) is 10.1 Å². The van der Waals surface area contributed by atoms with E-state index in [1.165, 1.54) is 0 Å². The maximum atomic E-state index is 10.6. The van der Waals surface area contributed by atoms with Gasteiger partial charge < -0.3 is 11.1 Å². The van der Waals surface area contributed by atoms with Crippen LogP contribution in [0, 0.1) is 10.1 Å². The van der Waals surface area contributed by atoms with Crippen LogP contribution >= 0.6 is 11.8 Å². The molecule has 0 amide bonds. The Morgan fingerprint density at radius 3 is 2.94 bits per heavy atom. The fourth-order valence-electron chi connectivity index (χ4n) is 1.30. The third-order valence-corrected chi connectivity index (χ3v) is 3.20. The molecule has 8 heteroatoms. The van der Waals surface area contributed by atoms with Gasteiger partial charge in [-0.05, 0) is 24.9 Å². The maximum absolute atomic E-state index is 10.6. The second kappa shape index (κ2) is 7.00. The first-order valence-corrected chi connectivity index (χ1v) is 6.81. The van der Waals surface area contributed by atoms with E-state index in [4.69, 9.17) is 5.73 Å². The molecule has 100 valence electrons. The van der Waals surface area contributed by atoms with E-state index in [0.717, 1.165) is 24.1 Å². The topological polar surface area (TPSA) is 107 Å². The molecule has 18 heavy (non-hydrogen) atoms. The minimum Gasteiger partial charge on any atom is -0.378 e. The highest BCUT2D eigenvalue weighted by Gasteiger charge is 2.14. The lowest BCUT2D eigenvalue weighted by Gasteiger charge is -2.13. The number of nitro groups is 1. The SMILES string of the molecule is CCSCC[C@@H](C)Nc1ncc([N+](=O)[O-])c(N)n1. The number of aromatic nitrogens is 2. The molecule has 0 aliphatic carbocycles. The van der Waals surface area contributed by atoms with Gasteiger partial charge in [0.1, 0.15) is 6.20 Å². The Morgan fingerprint density at radius 2 is 2.39 bits per heavy atom. The number of nitrogen functional groups attached to an aromatic ring is 1. The second-order valence-electron chi connectivity index (χ2n) is 3.75. The molecular formula is C10H17N5O2S. The van der Waals surface area contributed by atoms with Crippen LogP contribution in [0.3, 0.4) is 0 Å². The summed E-state index contributed by atoms with van der Waals surface area (Å²) in [5, 5.41) is 13.6. The molecule has 0 aliphatic heterocycles. The maximum Gasteiger partial charge on any atom is 0.329 e. The van der Waals surface area contributed by atoms with Gasteiger partial charge in [0.25, 0.3) is 0 Å². The van der Waals surface area contributed by atoms with Crippen LogP contribution in [-0.4, -0.2) is 32.4 Å². The van der Waals surface area contributed by atoms with Crippen molar-refractivity contribution in [1.82, 2.24) is 9.97 Å². The molecule has 0 radical (unpaired) electrons. The number of nitrogens with two attached hydrogens (primary N) is 1.